The monoisotopic (exact) mass is 206 g/mol. The minimum atomic E-state index is -0.316. The average molecular weight is 206 g/mol. The number of benzene rings is 1. The van der Waals surface area contributed by atoms with E-state index in [1.165, 1.54) is 0 Å². The molecule has 0 aromatic heterocycles. The average Bonchev–Trinajstić information content (AvgIpc) is 2.23. The second-order valence-corrected chi connectivity index (χ2v) is 3.22. The van der Waals surface area contributed by atoms with Gasteiger partial charge in [-0.3, -0.25) is 20.2 Å². The fraction of sp³-hybridized carbons (Fsp3) is 0. The maximum atomic E-state index is 11.4. The number of fused-ring (bicyclic) bond motifs is 6. The van der Waals surface area contributed by atoms with Crippen molar-refractivity contribution in [1.29, 1.82) is 0 Å². The molecule has 4 nitrogen and oxygen atoms in total. The first-order valence-corrected chi connectivity index (χ1v) is 4.34. The van der Waals surface area contributed by atoms with Crippen LogP contribution in [-0.4, -0.2) is 16.9 Å². The number of carbonyl (C=O) groups excluding carboxylic acids is 2. The fourth-order valence-corrected chi connectivity index (χ4v) is 1.34. The minimum absolute atomic E-state index is 0.0300. The molecule has 0 saturated carbocycles. The summed E-state index contributed by atoms with van der Waals surface area (Å²) in [5.74, 6) is -0.632. The summed E-state index contributed by atoms with van der Waals surface area (Å²) in [6.07, 6.45) is 0. The van der Waals surface area contributed by atoms with Crippen LogP contribution in [0, 0.1) is 0 Å². The molecule has 1 aromatic rings. The van der Waals surface area contributed by atoms with Crippen LogP contribution in [0.25, 0.3) is 0 Å². The van der Waals surface area contributed by atoms with Gasteiger partial charge < -0.3 is 0 Å². The van der Waals surface area contributed by atoms with Crippen molar-refractivity contribution in [3.63, 3.8) is 0 Å². The molecule has 0 saturated heterocycles. The van der Waals surface area contributed by atoms with Crippen molar-refractivity contribution in [1.82, 2.24) is 10.6 Å². The highest BCUT2D eigenvalue weighted by Gasteiger charge is 2.15. The van der Waals surface area contributed by atoms with E-state index in [2.05, 4.69) is 10.6 Å². The number of thiocarbonyl (C=S) groups is 1. The van der Waals surface area contributed by atoms with Gasteiger partial charge in [0.2, 0.25) is 0 Å². The predicted molar refractivity (Wildman–Crippen MR) is 54.0 cm³/mol. The zero-order chi connectivity index (χ0) is 10.1. The third-order valence-corrected chi connectivity index (χ3v) is 2.07. The van der Waals surface area contributed by atoms with Crippen LogP contribution in [0.4, 0.5) is 0 Å². The molecule has 2 aliphatic rings. The Bertz CT molecular complexity index is 386. The zero-order valence-electron chi connectivity index (χ0n) is 7.03. The molecule has 2 heterocycles. The van der Waals surface area contributed by atoms with Crippen LogP contribution in [0.2, 0.25) is 0 Å². The molecule has 0 spiro atoms. The molecule has 5 heteroatoms. The van der Waals surface area contributed by atoms with E-state index in [1.54, 1.807) is 24.3 Å². The van der Waals surface area contributed by atoms with E-state index < -0.39 is 0 Å². The zero-order valence-corrected chi connectivity index (χ0v) is 7.85. The van der Waals surface area contributed by atoms with E-state index in [0.29, 0.717) is 11.1 Å². The van der Waals surface area contributed by atoms with Gasteiger partial charge in [0.1, 0.15) is 0 Å². The Kier molecular flexibility index (Phi) is 2.01. The van der Waals surface area contributed by atoms with Gasteiger partial charge in [0, 0.05) is 11.1 Å². The van der Waals surface area contributed by atoms with Crippen LogP contribution < -0.4 is 10.6 Å². The van der Waals surface area contributed by atoms with E-state index in [1.807, 2.05) is 0 Å². The molecular weight excluding hydrogens is 200 g/mol. The number of nitrogens with one attached hydrogen (secondary N) is 2. The van der Waals surface area contributed by atoms with Gasteiger partial charge >= 0.3 is 0 Å². The van der Waals surface area contributed by atoms with Crippen molar-refractivity contribution in [2.75, 3.05) is 0 Å². The fourth-order valence-electron chi connectivity index (χ4n) is 1.15. The molecule has 1 aromatic carbocycles. The molecule has 14 heavy (non-hydrogen) atoms. The number of amides is 2. The van der Waals surface area contributed by atoms with Crippen LogP contribution in [0.5, 0.6) is 0 Å². The third-order valence-electron chi connectivity index (χ3n) is 1.86. The van der Waals surface area contributed by atoms with Crippen molar-refractivity contribution < 1.29 is 9.59 Å². The second-order valence-electron chi connectivity index (χ2n) is 2.81. The quantitative estimate of drug-likeness (QED) is 0.606. The number of rotatable bonds is 0. The Morgan fingerprint density at radius 1 is 0.857 bits per heavy atom. The van der Waals surface area contributed by atoms with Gasteiger partial charge in [-0.2, -0.15) is 0 Å². The van der Waals surface area contributed by atoms with E-state index in [0.717, 1.165) is 0 Å². The topological polar surface area (TPSA) is 58.2 Å². The summed E-state index contributed by atoms with van der Waals surface area (Å²) in [7, 11) is 0. The molecule has 2 N–H and O–H groups in total. The molecule has 0 atom stereocenters. The molecule has 0 aliphatic carbocycles. The first-order valence-electron chi connectivity index (χ1n) is 3.93. The molecular formula is C9H6N2O2S. The summed E-state index contributed by atoms with van der Waals surface area (Å²) in [5, 5.41) is 4.81. The summed E-state index contributed by atoms with van der Waals surface area (Å²) in [6, 6.07) is 6.33. The van der Waals surface area contributed by atoms with Crippen molar-refractivity contribution in [3.8, 4) is 0 Å². The van der Waals surface area contributed by atoms with E-state index in [9.17, 15) is 9.59 Å². The lowest BCUT2D eigenvalue weighted by Gasteiger charge is -2.04. The molecule has 70 valence electrons. The Labute approximate surface area is 85.3 Å². The summed E-state index contributed by atoms with van der Waals surface area (Å²) in [4.78, 5) is 22.8. The van der Waals surface area contributed by atoms with E-state index in [4.69, 9.17) is 12.2 Å². The van der Waals surface area contributed by atoms with Crippen LogP contribution in [-0.2, 0) is 0 Å². The lowest BCUT2D eigenvalue weighted by Crippen LogP contribution is -2.41. The number of hydrogen-bond donors (Lipinski definition) is 2. The Morgan fingerprint density at radius 3 is 1.57 bits per heavy atom. The molecule has 2 amide bonds. The van der Waals surface area contributed by atoms with Crippen LogP contribution in [0.1, 0.15) is 20.7 Å². The Balaban J connectivity index is 2.50. The molecule has 3 rings (SSSR count). The first-order chi connectivity index (χ1) is 6.66. The maximum absolute atomic E-state index is 11.4. The van der Waals surface area contributed by atoms with Gasteiger partial charge in [0.25, 0.3) is 11.8 Å². The third kappa shape index (κ3) is 1.49. The first kappa shape index (κ1) is 8.83. The van der Waals surface area contributed by atoms with Crippen molar-refractivity contribution in [2.24, 2.45) is 0 Å². The van der Waals surface area contributed by atoms with Gasteiger partial charge in [-0.25, -0.2) is 0 Å². The molecule has 0 unspecified atom stereocenters. The lowest BCUT2D eigenvalue weighted by molar-refractivity contribution is 0.0972. The SMILES string of the molecule is O=C1NC(=S)NC(=O)c2ccc1cc2. The number of carbonyl (C=O) groups is 2. The van der Waals surface area contributed by atoms with Gasteiger partial charge in [-0.1, -0.05) is 0 Å². The highest BCUT2D eigenvalue weighted by Crippen LogP contribution is 2.06. The van der Waals surface area contributed by atoms with Crippen LogP contribution in [0.3, 0.4) is 0 Å². The standard InChI is InChI=1S/C9H6N2O2S/c12-7-5-1-2-6(4-3-5)8(13)11-9(14)10-7/h1-4H,(H2,10,11,12,13,14). The summed E-state index contributed by atoms with van der Waals surface area (Å²) < 4.78 is 0. The van der Waals surface area contributed by atoms with E-state index in [-0.39, 0.29) is 16.9 Å². The molecule has 0 fully saturated rings. The van der Waals surface area contributed by atoms with Crippen LogP contribution >= 0.6 is 12.2 Å². The largest absolute Gasteiger partial charge is 0.299 e. The molecule has 2 bridgehead atoms. The summed E-state index contributed by atoms with van der Waals surface area (Å²) in [5.41, 5.74) is 0.959. The smallest absolute Gasteiger partial charge is 0.257 e. The second kappa shape index (κ2) is 3.19. The number of hydrogen-bond acceptors (Lipinski definition) is 3. The summed E-state index contributed by atoms with van der Waals surface area (Å²) in [6.45, 7) is 0. The lowest BCUT2D eigenvalue weighted by atomic mass is 10.1. The Morgan fingerprint density at radius 2 is 1.21 bits per heavy atom. The normalized spacial score (nSPS) is 15.3. The van der Waals surface area contributed by atoms with Gasteiger partial charge in [-0.05, 0) is 36.5 Å². The maximum Gasteiger partial charge on any atom is 0.257 e. The van der Waals surface area contributed by atoms with Gasteiger partial charge in [-0.15, -0.1) is 0 Å². The molecule has 0 radical (unpaired) electrons. The summed E-state index contributed by atoms with van der Waals surface area (Å²) >= 11 is 4.75. The van der Waals surface area contributed by atoms with Gasteiger partial charge in [0.05, 0.1) is 0 Å². The van der Waals surface area contributed by atoms with Crippen molar-refractivity contribution in [2.45, 2.75) is 0 Å². The van der Waals surface area contributed by atoms with Gasteiger partial charge in [0.15, 0.2) is 5.11 Å². The van der Waals surface area contributed by atoms with Crippen LogP contribution in [0.15, 0.2) is 24.3 Å². The van der Waals surface area contributed by atoms with Crippen molar-refractivity contribution >= 4 is 29.1 Å². The Hall–Kier alpha value is -1.75. The highest BCUT2D eigenvalue weighted by atomic mass is 32.1. The highest BCUT2D eigenvalue weighted by molar-refractivity contribution is 7.80. The predicted octanol–water partition coefficient (Wildman–Crippen LogP) is 0.445. The van der Waals surface area contributed by atoms with Crippen molar-refractivity contribution in [3.05, 3.63) is 35.4 Å². The minimum Gasteiger partial charge on any atom is -0.299 e. The van der Waals surface area contributed by atoms with E-state index >= 15 is 0 Å². The molecule has 2 aliphatic heterocycles.